The summed E-state index contributed by atoms with van der Waals surface area (Å²) in [5, 5.41) is 11.7. The molecular weight excluding hydrogens is 486 g/mol. The Morgan fingerprint density at radius 1 is 1.30 bits per heavy atom. The molecule has 1 aliphatic heterocycles. The Hall–Kier alpha value is -2.40. The van der Waals surface area contributed by atoms with Gasteiger partial charge in [0.05, 0.1) is 14.2 Å². The summed E-state index contributed by atoms with van der Waals surface area (Å²) in [5.74, 6) is -1.22. The number of aliphatic carboxylic acids is 1. The van der Waals surface area contributed by atoms with Crippen LogP contribution in [0.3, 0.4) is 0 Å². The van der Waals surface area contributed by atoms with Gasteiger partial charge < -0.3 is 15.2 Å². The number of ether oxygens (including phenoxy) is 1. The molecule has 0 radical (unpaired) electrons. The van der Waals surface area contributed by atoms with Crippen LogP contribution in [0.4, 0.5) is 10.1 Å². The third-order valence-electron chi connectivity index (χ3n) is 3.31. The number of amides is 1. The van der Waals surface area contributed by atoms with E-state index in [9.17, 15) is 14.0 Å². The van der Waals surface area contributed by atoms with Gasteiger partial charge in [-0.05, 0) is 82.4 Å². The molecule has 0 atom stereocenters. The van der Waals surface area contributed by atoms with Gasteiger partial charge in [-0.25, -0.2) is 14.2 Å². The third-order valence-corrected chi connectivity index (χ3v) is 5.07. The van der Waals surface area contributed by atoms with Crippen LogP contribution in [-0.4, -0.2) is 28.8 Å². The van der Waals surface area contributed by atoms with Crippen molar-refractivity contribution < 1.29 is 23.8 Å². The zero-order chi connectivity index (χ0) is 19.4. The summed E-state index contributed by atoms with van der Waals surface area (Å²) in [6.45, 7) is -0.419. The van der Waals surface area contributed by atoms with Gasteiger partial charge in [0, 0.05) is 0 Å². The molecule has 1 saturated heterocycles. The molecule has 0 aliphatic carbocycles. The largest absolute Gasteiger partial charge is 0.481 e. The predicted molar refractivity (Wildman–Crippen MR) is 109 cm³/mol. The molecule has 3 rings (SSSR count). The van der Waals surface area contributed by atoms with E-state index in [1.165, 1.54) is 36.0 Å². The summed E-state index contributed by atoms with van der Waals surface area (Å²) in [6.07, 6.45) is 1.70. The average Bonchev–Trinajstić information content (AvgIpc) is 2.95. The maximum Gasteiger partial charge on any atom is 0.341 e. The van der Waals surface area contributed by atoms with Crippen molar-refractivity contribution in [3.05, 3.63) is 62.3 Å². The fourth-order valence-electron chi connectivity index (χ4n) is 2.13. The first-order valence-corrected chi connectivity index (χ1v) is 9.49. The zero-order valence-corrected chi connectivity index (χ0v) is 16.6. The van der Waals surface area contributed by atoms with E-state index in [0.717, 1.165) is 9.13 Å². The summed E-state index contributed by atoms with van der Waals surface area (Å²) in [5.41, 5.74) is 1.30. The second-order valence-electron chi connectivity index (χ2n) is 5.33. The number of benzene rings is 2. The molecule has 6 nitrogen and oxygen atoms in total. The second-order valence-corrected chi connectivity index (χ2v) is 7.52. The van der Waals surface area contributed by atoms with Gasteiger partial charge in [-0.3, -0.25) is 4.79 Å². The van der Waals surface area contributed by atoms with Crippen LogP contribution in [0, 0.1) is 9.39 Å². The fourth-order valence-corrected chi connectivity index (χ4v) is 3.67. The van der Waals surface area contributed by atoms with Gasteiger partial charge in [0.1, 0.15) is 11.6 Å². The molecule has 9 heteroatoms. The normalized spacial score (nSPS) is 16.6. The Morgan fingerprint density at radius 2 is 2.04 bits per heavy atom. The number of amidine groups is 1. The van der Waals surface area contributed by atoms with Crippen LogP contribution in [0.2, 0.25) is 0 Å². The van der Waals surface area contributed by atoms with Crippen molar-refractivity contribution in [1.82, 2.24) is 5.32 Å². The molecule has 0 saturated carbocycles. The highest BCUT2D eigenvalue weighted by Gasteiger charge is 2.23. The van der Waals surface area contributed by atoms with Crippen LogP contribution in [-0.2, 0) is 9.59 Å². The molecule has 1 aliphatic rings. The number of carbonyl (C=O) groups is 2. The van der Waals surface area contributed by atoms with Crippen LogP contribution in [0.5, 0.6) is 5.75 Å². The minimum Gasteiger partial charge on any atom is -0.481 e. The van der Waals surface area contributed by atoms with Crippen molar-refractivity contribution in [3.63, 3.8) is 0 Å². The number of halogens is 2. The van der Waals surface area contributed by atoms with E-state index in [0.29, 0.717) is 21.5 Å². The van der Waals surface area contributed by atoms with Gasteiger partial charge in [0.15, 0.2) is 11.8 Å². The molecule has 2 aromatic carbocycles. The molecule has 27 heavy (non-hydrogen) atoms. The number of nitrogens with one attached hydrogen (secondary N) is 1. The molecule has 2 aromatic rings. The molecule has 0 aromatic heterocycles. The molecule has 0 unspecified atom stereocenters. The summed E-state index contributed by atoms with van der Waals surface area (Å²) >= 11 is 3.22. The van der Waals surface area contributed by atoms with Crippen molar-refractivity contribution in [2.45, 2.75) is 0 Å². The van der Waals surface area contributed by atoms with E-state index < -0.39 is 12.6 Å². The number of hydrogen-bond donors (Lipinski definition) is 2. The maximum absolute atomic E-state index is 12.9. The van der Waals surface area contributed by atoms with Gasteiger partial charge in [-0.15, -0.1) is 0 Å². The molecule has 0 bridgehead atoms. The number of hydrogen-bond acceptors (Lipinski definition) is 5. The standard InChI is InChI=1S/C18H12FIN2O4S/c19-11-2-4-12(5-3-11)21-18-22-17(25)15(27-18)8-10-1-6-14(13(20)7-10)26-9-16(23)24/h1-8H,9H2,(H,23,24)(H,21,22,25)/b15-8+. The van der Waals surface area contributed by atoms with E-state index in [-0.39, 0.29) is 11.7 Å². The average molecular weight is 498 g/mol. The summed E-state index contributed by atoms with van der Waals surface area (Å²) < 4.78 is 18.9. The van der Waals surface area contributed by atoms with E-state index in [1.54, 1.807) is 24.3 Å². The van der Waals surface area contributed by atoms with Crippen molar-refractivity contribution in [2.75, 3.05) is 6.61 Å². The van der Waals surface area contributed by atoms with Gasteiger partial charge in [0.2, 0.25) is 0 Å². The van der Waals surface area contributed by atoms with Crippen LogP contribution in [0.25, 0.3) is 6.08 Å². The number of thioether (sulfide) groups is 1. The fraction of sp³-hybridized carbons (Fsp3) is 0.0556. The first-order valence-electron chi connectivity index (χ1n) is 7.60. The lowest BCUT2D eigenvalue weighted by Crippen LogP contribution is -2.19. The highest BCUT2D eigenvalue weighted by Crippen LogP contribution is 2.29. The number of carbonyl (C=O) groups excluding carboxylic acids is 1. The molecule has 138 valence electrons. The summed E-state index contributed by atoms with van der Waals surface area (Å²) in [7, 11) is 0. The topological polar surface area (TPSA) is 88.0 Å². The minimum atomic E-state index is -1.05. The number of carboxylic acids is 1. The SMILES string of the molecule is O=C(O)COc1ccc(/C=C2/SC(=Nc3ccc(F)cc3)NC2=O)cc1I. The lowest BCUT2D eigenvalue weighted by molar-refractivity contribution is -0.139. The van der Waals surface area contributed by atoms with Crippen LogP contribution in [0.1, 0.15) is 5.56 Å². The van der Waals surface area contributed by atoms with Gasteiger partial charge >= 0.3 is 5.97 Å². The predicted octanol–water partition coefficient (Wildman–Crippen LogP) is 3.79. The monoisotopic (exact) mass is 498 g/mol. The maximum atomic E-state index is 12.9. The Kier molecular flexibility index (Phi) is 6.11. The Balaban J connectivity index is 1.75. The minimum absolute atomic E-state index is 0.276. The lowest BCUT2D eigenvalue weighted by atomic mass is 10.2. The van der Waals surface area contributed by atoms with Crippen molar-refractivity contribution in [1.29, 1.82) is 0 Å². The summed E-state index contributed by atoms with van der Waals surface area (Å²) in [4.78, 5) is 27.5. The Labute approximate surface area is 171 Å². The molecule has 2 N–H and O–H groups in total. The zero-order valence-electron chi connectivity index (χ0n) is 13.6. The van der Waals surface area contributed by atoms with Gasteiger partial charge in [-0.2, -0.15) is 0 Å². The summed E-state index contributed by atoms with van der Waals surface area (Å²) in [6, 6.07) is 10.8. The number of carboxylic acid groups (broad SMARTS) is 1. The van der Waals surface area contributed by atoms with E-state index in [4.69, 9.17) is 9.84 Å². The second kappa shape index (κ2) is 8.53. The quantitative estimate of drug-likeness (QED) is 0.484. The Bertz CT molecular complexity index is 960. The van der Waals surface area contributed by atoms with Crippen molar-refractivity contribution in [2.24, 2.45) is 4.99 Å². The Morgan fingerprint density at radius 3 is 2.70 bits per heavy atom. The van der Waals surface area contributed by atoms with Crippen molar-refractivity contribution >= 4 is 63.2 Å². The van der Waals surface area contributed by atoms with E-state index in [2.05, 4.69) is 10.3 Å². The van der Waals surface area contributed by atoms with Gasteiger partial charge in [-0.1, -0.05) is 6.07 Å². The number of aliphatic imine (C=N–C) groups is 1. The van der Waals surface area contributed by atoms with Crippen LogP contribution in [0.15, 0.2) is 52.4 Å². The van der Waals surface area contributed by atoms with E-state index >= 15 is 0 Å². The molecule has 0 spiro atoms. The van der Waals surface area contributed by atoms with E-state index in [1.807, 2.05) is 22.6 Å². The smallest absolute Gasteiger partial charge is 0.341 e. The first-order chi connectivity index (χ1) is 12.9. The lowest BCUT2D eigenvalue weighted by Gasteiger charge is -2.06. The molecule has 1 heterocycles. The number of nitrogens with zero attached hydrogens (tertiary/aromatic N) is 1. The third kappa shape index (κ3) is 5.30. The van der Waals surface area contributed by atoms with Crippen LogP contribution >= 0.6 is 34.4 Å². The number of rotatable bonds is 5. The molecule has 1 fully saturated rings. The van der Waals surface area contributed by atoms with Gasteiger partial charge in [0.25, 0.3) is 5.91 Å². The molecular formula is C18H12FIN2O4S. The highest BCUT2D eigenvalue weighted by molar-refractivity contribution is 14.1. The molecule has 1 amide bonds. The highest BCUT2D eigenvalue weighted by atomic mass is 127. The first kappa shape index (κ1) is 19.4. The van der Waals surface area contributed by atoms with Crippen LogP contribution < -0.4 is 10.1 Å². The van der Waals surface area contributed by atoms with Crippen molar-refractivity contribution in [3.8, 4) is 5.75 Å².